The molecule has 0 aliphatic rings. The number of sulfonamides is 1. The summed E-state index contributed by atoms with van der Waals surface area (Å²) in [6.07, 6.45) is 2.29. The molecule has 82 valence electrons. The predicted octanol–water partition coefficient (Wildman–Crippen LogP) is 0.176. The van der Waals surface area contributed by atoms with E-state index < -0.39 is 16.0 Å². The fourth-order valence-corrected chi connectivity index (χ4v) is 1.42. The Hall–Kier alpha value is -1.63. The topological polar surface area (TPSA) is 87.6 Å². The van der Waals surface area contributed by atoms with Crippen molar-refractivity contribution in [2.45, 2.75) is 0 Å². The first-order valence-corrected chi connectivity index (χ1v) is 5.80. The molecule has 0 aliphatic heterocycles. The number of pyridine rings is 1. The zero-order chi connectivity index (χ0) is 11.6. The van der Waals surface area contributed by atoms with Gasteiger partial charge in [0, 0.05) is 13.2 Å². The molecule has 6 nitrogen and oxygen atoms in total. The Balaban J connectivity index is 3.17. The number of aromatic nitrogens is 1. The molecule has 1 rings (SSSR count). The minimum absolute atomic E-state index is 0.192. The molecule has 7 heteroatoms. The number of carbonyl (C=O) groups is 1. The smallest absolute Gasteiger partial charge is 0.354 e. The van der Waals surface area contributed by atoms with Crippen LogP contribution in [-0.2, 0) is 10.0 Å². The Kier molecular flexibility index (Phi) is 2.94. The van der Waals surface area contributed by atoms with Crippen LogP contribution in [0.1, 0.15) is 10.5 Å². The highest BCUT2D eigenvalue weighted by Gasteiger charge is 2.14. The lowest BCUT2D eigenvalue weighted by atomic mass is 10.3. The van der Waals surface area contributed by atoms with E-state index in [1.54, 1.807) is 0 Å². The van der Waals surface area contributed by atoms with Crippen LogP contribution < -0.4 is 4.31 Å². The molecule has 0 amide bonds. The highest BCUT2D eigenvalue weighted by atomic mass is 32.2. The first-order valence-electron chi connectivity index (χ1n) is 3.95. The SMILES string of the molecule is CN(c1ccnc(C(=O)O)c1)S(C)(=O)=O. The molecule has 1 heterocycles. The van der Waals surface area contributed by atoms with Crippen molar-refractivity contribution in [1.82, 2.24) is 4.98 Å². The summed E-state index contributed by atoms with van der Waals surface area (Å²) < 4.78 is 23.3. The summed E-state index contributed by atoms with van der Waals surface area (Å²) in [6, 6.07) is 2.62. The van der Waals surface area contributed by atoms with E-state index in [-0.39, 0.29) is 11.4 Å². The molecule has 0 aliphatic carbocycles. The third kappa shape index (κ3) is 2.66. The van der Waals surface area contributed by atoms with Crippen LogP contribution in [0.4, 0.5) is 5.69 Å². The number of anilines is 1. The van der Waals surface area contributed by atoms with Crippen LogP contribution in [0.5, 0.6) is 0 Å². The summed E-state index contributed by atoms with van der Waals surface area (Å²) in [5.74, 6) is -1.20. The summed E-state index contributed by atoms with van der Waals surface area (Å²) in [5, 5.41) is 8.66. The van der Waals surface area contributed by atoms with Crippen LogP contribution in [0.15, 0.2) is 18.3 Å². The van der Waals surface area contributed by atoms with Crippen molar-refractivity contribution in [1.29, 1.82) is 0 Å². The quantitative estimate of drug-likeness (QED) is 0.800. The number of aromatic carboxylic acids is 1. The molecular formula is C8H10N2O4S. The molecule has 1 aromatic rings. The van der Waals surface area contributed by atoms with Gasteiger partial charge in [-0.05, 0) is 12.1 Å². The van der Waals surface area contributed by atoms with Crippen molar-refractivity contribution < 1.29 is 18.3 Å². The zero-order valence-corrected chi connectivity index (χ0v) is 9.02. The molecule has 0 saturated heterocycles. The molecule has 0 unspecified atom stereocenters. The lowest BCUT2D eigenvalue weighted by molar-refractivity contribution is 0.0690. The van der Waals surface area contributed by atoms with E-state index in [1.165, 1.54) is 25.4 Å². The molecule has 1 N–H and O–H groups in total. The normalized spacial score (nSPS) is 11.1. The van der Waals surface area contributed by atoms with Crippen LogP contribution >= 0.6 is 0 Å². The minimum atomic E-state index is -3.39. The van der Waals surface area contributed by atoms with Gasteiger partial charge in [0.2, 0.25) is 10.0 Å². The number of hydrogen-bond acceptors (Lipinski definition) is 4. The van der Waals surface area contributed by atoms with Crippen LogP contribution in [0.2, 0.25) is 0 Å². The summed E-state index contributed by atoms with van der Waals surface area (Å²) in [6.45, 7) is 0. The van der Waals surface area contributed by atoms with Crippen molar-refractivity contribution in [2.75, 3.05) is 17.6 Å². The lowest BCUT2D eigenvalue weighted by Gasteiger charge is -2.16. The van der Waals surface area contributed by atoms with Gasteiger partial charge < -0.3 is 5.11 Å². The van der Waals surface area contributed by atoms with Crippen molar-refractivity contribution in [3.05, 3.63) is 24.0 Å². The van der Waals surface area contributed by atoms with Gasteiger partial charge in [0.25, 0.3) is 0 Å². The molecular weight excluding hydrogens is 220 g/mol. The molecule has 0 fully saturated rings. The van der Waals surface area contributed by atoms with Crippen molar-refractivity contribution in [3.8, 4) is 0 Å². The van der Waals surface area contributed by atoms with Crippen LogP contribution in [0.3, 0.4) is 0 Å². The molecule has 0 bridgehead atoms. The van der Waals surface area contributed by atoms with E-state index in [0.717, 1.165) is 10.6 Å². The third-order valence-electron chi connectivity index (χ3n) is 1.82. The van der Waals surface area contributed by atoms with Crippen molar-refractivity contribution in [2.24, 2.45) is 0 Å². The summed E-state index contributed by atoms with van der Waals surface area (Å²) in [5.41, 5.74) is 0.0768. The number of carboxylic acids is 1. The first-order chi connectivity index (χ1) is 6.82. The first kappa shape index (κ1) is 11.4. The molecule has 0 radical (unpaired) electrons. The zero-order valence-electron chi connectivity index (χ0n) is 8.21. The second-order valence-electron chi connectivity index (χ2n) is 2.93. The Morgan fingerprint density at radius 1 is 1.53 bits per heavy atom. The van der Waals surface area contributed by atoms with E-state index in [9.17, 15) is 13.2 Å². The van der Waals surface area contributed by atoms with Gasteiger partial charge in [0.15, 0.2) is 0 Å². The summed E-state index contributed by atoms with van der Waals surface area (Å²) in [7, 11) is -2.04. The Labute approximate surface area is 87.2 Å². The monoisotopic (exact) mass is 230 g/mol. The average Bonchev–Trinajstić information content (AvgIpc) is 2.15. The molecule has 0 aromatic carbocycles. The van der Waals surface area contributed by atoms with E-state index in [2.05, 4.69) is 4.98 Å². The number of carboxylic acid groups (broad SMARTS) is 1. The Morgan fingerprint density at radius 3 is 2.60 bits per heavy atom. The molecule has 0 spiro atoms. The second-order valence-corrected chi connectivity index (χ2v) is 4.95. The van der Waals surface area contributed by atoms with Gasteiger partial charge in [-0.15, -0.1) is 0 Å². The summed E-state index contributed by atoms with van der Waals surface area (Å²) >= 11 is 0. The minimum Gasteiger partial charge on any atom is -0.477 e. The predicted molar refractivity (Wildman–Crippen MR) is 54.4 cm³/mol. The van der Waals surface area contributed by atoms with Gasteiger partial charge in [0.1, 0.15) is 5.69 Å². The fraction of sp³-hybridized carbons (Fsp3) is 0.250. The van der Waals surface area contributed by atoms with E-state index in [0.29, 0.717) is 0 Å². The van der Waals surface area contributed by atoms with E-state index >= 15 is 0 Å². The largest absolute Gasteiger partial charge is 0.477 e. The van der Waals surface area contributed by atoms with E-state index in [1.807, 2.05) is 0 Å². The van der Waals surface area contributed by atoms with Gasteiger partial charge >= 0.3 is 5.97 Å². The van der Waals surface area contributed by atoms with Gasteiger partial charge in [-0.1, -0.05) is 0 Å². The summed E-state index contributed by atoms with van der Waals surface area (Å²) in [4.78, 5) is 14.2. The second kappa shape index (κ2) is 3.85. The van der Waals surface area contributed by atoms with Crippen LogP contribution in [0, 0.1) is 0 Å². The fourth-order valence-electron chi connectivity index (χ4n) is 0.924. The van der Waals surface area contributed by atoms with Crippen LogP contribution in [-0.4, -0.2) is 37.8 Å². The van der Waals surface area contributed by atoms with Gasteiger partial charge in [-0.2, -0.15) is 0 Å². The molecule has 1 aromatic heterocycles. The maximum atomic E-state index is 11.2. The van der Waals surface area contributed by atoms with Crippen LogP contribution in [0.25, 0.3) is 0 Å². The number of rotatable bonds is 3. The van der Waals surface area contributed by atoms with Crippen molar-refractivity contribution >= 4 is 21.7 Å². The Bertz CT molecular complexity index is 483. The third-order valence-corrected chi connectivity index (χ3v) is 3.03. The van der Waals surface area contributed by atoms with Gasteiger partial charge in [0.05, 0.1) is 11.9 Å². The van der Waals surface area contributed by atoms with Gasteiger partial charge in [-0.3, -0.25) is 4.31 Å². The molecule has 0 atom stereocenters. The number of nitrogens with zero attached hydrogens (tertiary/aromatic N) is 2. The average molecular weight is 230 g/mol. The maximum absolute atomic E-state index is 11.2. The standard InChI is InChI=1S/C8H10N2O4S/c1-10(15(2,13)14)6-3-4-9-7(5-6)8(11)12/h3-5H,1-2H3,(H,11,12). The van der Waals surface area contributed by atoms with E-state index in [4.69, 9.17) is 5.11 Å². The maximum Gasteiger partial charge on any atom is 0.354 e. The Morgan fingerprint density at radius 2 is 2.13 bits per heavy atom. The highest BCUT2D eigenvalue weighted by Crippen LogP contribution is 2.15. The number of hydrogen-bond donors (Lipinski definition) is 1. The van der Waals surface area contributed by atoms with Crippen molar-refractivity contribution in [3.63, 3.8) is 0 Å². The lowest BCUT2D eigenvalue weighted by Crippen LogP contribution is -2.25. The van der Waals surface area contributed by atoms with Gasteiger partial charge in [-0.25, -0.2) is 18.2 Å². The molecule has 15 heavy (non-hydrogen) atoms. The molecule has 0 saturated carbocycles. The highest BCUT2D eigenvalue weighted by molar-refractivity contribution is 7.92.